The molecule has 0 saturated carbocycles. The lowest BCUT2D eigenvalue weighted by atomic mass is 9.94. The van der Waals surface area contributed by atoms with Gasteiger partial charge in [-0.2, -0.15) is 8.42 Å². The lowest BCUT2D eigenvalue weighted by Crippen LogP contribution is -2.37. The van der Waals surface area contributed by atoms with Crippen LogP contribution in [0.15, 0.2) is 17.7 Å². The first kappa shape index (κ1) is 12.3. The molecule has 0 N–H and O–H groups in total. The molecule has 0 spiro atoms. The van der Waals surface area contributed by atoms with Crippen LogP contribution in [0, 0.1) is 5.92 Å². The normalized spacial score (nSPS) is 24.8. The summed E-state index contributed by atoms with van der Waals surface area (Å²) in [6.45, 7) is 0.233. The Morgan fingerprint density at radius 1 is 1.53 bits per heavy atom. The van der Waals surface area contributed by atoms with Crippen LogP contribution < -0.4 is 4.74 Å². The minimum absolute atomic E-state index is 0.0969. The van der Waals surface area contributed by atoms with Gasteiger partial charge in [-0.3, -0.25) is 4.18 Å². The lowest BCUT2D eigenvalue weighted by Gasteiger charge is -2.23. The molecule has 1 aromatic rings. The maximum atomic E-state index is 11.0. The maximum absolute atomic E-state index is 11.0. The highest BCUT2D eigenvalue weighted by atomic mass is 32.2. The predicted octanol–water partition coefficient (Wildman–Crippen LogP) is -0.436. The first-order chi connectivity index (χ1) is 9.04. The molecule has 8 nitrogen and oxygen atoms in total. The van der Waals surface area contributed by atoms with Crippen LogP contribution in [-0.2, 0) is 19.1 Å². The molecular formula is C10H11N3O5S. The highest BCUT2D eigenvalue weighted by molar-refractivity contribution is 7.85. The Morgan fingerprint density at radius 3 is 3.16 bits per heavy atom. The fourth-order valence-corrected chi connectivity index (χ4v) is 2.36. The van der Waals surface area contributed by atoms with Crippen molar-refractivity contribution in [3.05, 3.63) is 18.2 Å². The van der Waals surface area contributed by atoms with Crippen molar-refractivity contribution in [2.75, 3.05) is 19.5 Å². The van der Waals surface area contributed by atoms with E-state index in [2.05, 4.69) is 15.1 Å². The topological polar surface area (TPSA) is 100.0 Å². The van der Waals surface area contributed by atoms with Crippen LogP contribution in [0.3, 0.4) is 0 Å². The monoisotopic (exact) mass is 285 g/mol. The molecule has 0 aliphatic carbocycles. The molecule has 0 amide bonds. The van der Waals surface area contributed by atoms with Gasteiger partial charge >= 0.3 is 0 Å². The predicted molar refractivity (Wildman–Crippen MR) is 63.2 cm³/mol. The van der Waals surface area contributed by atoms with E-state index in [-0.39, 0.29) is 12.5 Å². The lowest BCUT2D eigenvalue weighted by molar-refractivity contribution is 0.0175. The fourth-order valence-electron chi connectivity index (χ4n) is 1.98. The van der Waals surface area contributed by atoms with Gasteiger partial charge in [-0.05, 0) is 0 Å². The summed E-state index contributed by atoms with van der Waals surface area (Å²) < 4.78 is 32.2. The number of oxime groups is 1. The van der Waals surface area contributed by atoms with Crippen LogP contribution in [0.5, 0.6) is 5.75 Å². The van der Waals surface area contributed by atoms with E-state index < -0.39 is 16.2 Å². The molecule has 0 saturated heterocycles. The molecule has 2 aliphatic rings. The van der Waals surface area contributed by atoms with Gasteiger partial charge in [0, 0.05) is 0 Å². The fraction of sp³-hybridized carbons (Fsp3) is 0.500. The third-order valence-electron chi connectivity index (χ3n) is 2.87. The zero-order chi connectivity index (χ0) is 13.5. The average molecular weight is 285 g/mol. The molecular weight excluding hydrogens is 274 g/mol. The largest absolute Gasteiger partial charge is 0.489 e. The van der Waals surface area contributed by atoms with Crippen molar-refractivity contribution in [1.29, 1.82) is 0 Å². The number of aromatic nitrogens is 2. The first-order valence-electron chi connectivity index (χ1n) is 5.56. The minimum Gasteiger partial charge on any atom is -0.489 e. The molecule has 1 aromatic heterocycles. The van der Waals surface area contributed by atoms with Gasteiger partial charge in [0.1, 0.15) is 30.9 Å². The number of fused-ring (bicyclic) bond motifs is 3. The second-order valence-electron chi connectivity index (χ2n) is 4.26. The summed E-state index contributed by atoms with van der Waals surface area (Å²) in [6.07, 6.45) is 3.45. The van der Waals surface area contributed by atoms with Gasteiger partial charge in [-0.15, -0.1) is 0 Å². The van der Waals surface area contributed by atoms with Crippen molar-refractivity contribution in [2.24, 2.45) is 11.1 Å². The first-order valence-corrected chi connectivity index (χ1v) is 7.37. The highest BCUT2D eigenvalue weighted by Gasteiger charge is 2.41. The molecule has 0 fully saturated rings. The highest BCUT2D eigenvalue weighted by Crippen LogP contribution is 2.31. The van der Waals surface area contributed by atoms with Gasteiger partial charge in [0.2, 0.25) is 0 Å². The van der Waals surface area contributed by atoms with Gasteiger partial charge in [-0.1, -0.05) is 5.16 Å². The van der Waals surface area contributed by atoms with Crippen LogP contribution in [-0.4, -0.2) is 49.7 Å². The molecule has 2 unspecified atom stereocenters. The Hall–Kier alpha value is -1.74. The summed E-state index contributed by atoms with van der Waals surface area (Å²) in [5.41, 5.74) is 1.22. The summed E-state index contributed by atoms with van der Waals surface area (Å²) in [5.74, 6) is 0.356. The Labute approximate surface area is 109 Å². The van der Waals surface area contributed by atoms with Crippen LogP contribution >= 0.6 is 0 Å². The zero-order valence-corrected chi connectivity index (χ0v) is 10.8. The molecule has 102 valence electrons. The zero-order valence-electron chi connectivity index (χ0n) is 10.0. The molecule has 9 heteroatoms. The standard InChI is InChI=1S/C10H11N3O5S/c1-19(14,15)17-4-8-6-3-16-7-2-11-5-12-10(7)9(6)13-18-8/h2,5-6,8H,3-4H2,1H3. The van der Waals surface area contributed by atoms with E-state index in [0.29, 0.717) is 23.8 Å². The molecule has 3 heterocycles. The van der Waals surface area contributed by atoms with E-state index in [1.165, 1.54) is 6.33 Å². The Kier molecular flexibility index (Phi) is 2.86. The molecule has 2 aliphatic heterocycles. The average Bonchev–Trinajstić information content (AvgIpc) is 2.79. The number of ether oxygens (including phenoxy) is 1. The van der Waals surface area contributed by atoms with E-state index in [0.717, 1.165) is 6.26 Å². The third kappa shape index (κ3) is 2.38. The van der Waals surface area contributed by atoms with Gasteiger partial charge in [-0.25, -0.2) is 9.97 Å². The van der Waals surface area contributed by atoms with Gasteiger partial charge in [0.15, 0.2) is 11.9 Å². The Bertz CT molecular complexity index is 630. The summed E-state index contributed by atoms with van der Waals surface area (Å²) in [6, 6.07) is 0. The van der Waals surface area contributed by atoms with Crippen molar-refractivity contribution in [1.82, 2.24) is 9.97 Å². The van der Waals surface area contributed by atoms with Gasteiger partial charge in [0.25, 0.3) is 10.1 Å². The van der Waals surface area contributed by atoms with E-state index in [9.17, 15) is 8.42 Å². The van der Waals surface area contributed by atoms with Crippen LogP contribution in [0.25, 0.3) is 0 Å². The number of hydrogen-bond donors (Lipinski definition) is 0. The summed E-state index contributed by atoms with van der Waals surface area (Å²) in [4.78, 5) is 13.2. The van der Waals surface area contributed by atoms with Crippen LogP contribution in [0.4, 0.5) is 0 Å². The molecule has 0 aromatic carbocycles. The molecule has 2 atom stereocenters. The quantitative estimate of drug-likeness (QED) is 0.694. The van der Waals surface area contributed by atoms with Crippen molar-refractivity contribution >= 4 is 15.8 Å². The Balaban J connectivity index is 1.78. The number of rotatable bonds is 3. The second kappa shape index (κ2) is 4.42. The van der Waals surface area contributed by atoms with Crippen molar-refractivity contribution in [3.63, 3.8) is 0 Å². The summed E-state index contributed by atoms with van der Waals surface area (Å²) in [5, 5.41) is 3.95. The smallest absolute Gasteiger partial charge is 0.264 e. The molecule has 3 rings (SSSR count). The summed E-state index contributed by atoms with van der Waals surface area (Å²) in [7, 11) is -3.51. The van der Waals surface area contributed by atoms with Crippen molar-refractivity contribution in [2.45, 2.75) is 6.10 Å². The molecule has 0 bridgehead atoms. The van der Waals surface area contributed by atoms with Crippen molar-refractivity contribution in [3.8, 4) is 5.75 Å². The Morgan fingerprint density at radius 2 is 2.37 bits per heavy atom. The number of nitrogens with zero attached hydrogens (tertiary/aromatic N) is 3. The van der Waals surface area contributed by atoms with E-state index in [4.69, 9.17) is 13.8 Å². The summed E-state index contributed by atoms with van der Waals surface area (Å²) >= 11 is 0. The molecule has 19 heavy (non-hydrogen) atoms. The molecule has 0 radical (unpaired) electrons. The maximum Gasteiger partial charge on any atom is 0.264 e. The van der Waals surface area contributed by atoms with E-state index in [1.54, 1.807) is 6.20 Å². The van der Waals surface area contributed by atoms with Gasteiger partial charge in [0.05, 0.1) is 18.4 Å². The van der Waals surface area contributed by atoms with Crippen molar-refractivity contribution < 1.29 is 22.2 Å². The van der Waals surface area contributed by atoms with E-state index >= 15 is 0 Å². The number of hydrogen-bond acceptors (Lipinski definition) is 8. The van der Waals surface area contributed by atoms with Crippen LogP contribution in [0.2, 0.25) is 0 Å². The SMILES string of the molecule is CS(=O)(=O)OCC1ON=C2c3ncncc3OCC21. The van der Waals surface area contributed by atoms with E-state index in [1.807, 2.05) is 0 Å². The van der Waals surface area contributed by atoms with Crippen LogP contribution in [0.1, 0.15) is 5.69 Å². The van der Waals surface area contributed by atoms with Gasteiger partial charge < -0.3 is 9.57 Å². The minimum atomic E-state index is -3.51. The third-order valence-corrected chi connectivity index (χ3v) is 3.44. The second-order valence-corrected chi connectivity index (χ2v) is 5.91.